The maximum absolute atomic E-state index is 8.55. The summed E-state index contributed by atoms with van der Waals surface area (Å²) in [5, 5.41) is 8.55. The summed E-state index contributed by atoms with van der Waals surface area (Å²) in [5.41, 5.74) is 7.30. The van der Waals surface area contributed by atoms with Crippen molar-refractivity contribution >= 4 is 0 Å². The molecule has 0 bridgehead atoms. The Morgan fingerprint density at radius 3 is 2.82 bits per heavy atom. The van der Waals surface area contributed by atoms with E-state index in [9.17, 15) is 0 Å². The molecule has 2 N–H and O–H groups in total. The van der Waals surface area contributed by atoms with Crippen molar-refractivity contribution in [2.24, 2.45) is 5.73 Å². The van der Waals surface area contributed by atoms with E-state index in [1.54, 1.807) is 6.07 Å². The minimum absolute atomic E-state index is 0.00306. The molecule has 0 saturated heterocycles. The Morgan fingerprint density at radius 1 is 1.55 bits per heavy atom. The van der Waals surface area contributed by atoms with Crippen LogP contribution in [0.2, 0.25) is 0 Å². The smallest absolute Gasteiger partial charge is 0.0991 e. The molecule has 11 heavy (non-hydrogen) atoms. The van der Waals surface area contributed by atoms with Crippen molar-refractivity contribution in [3.63, 3.8) is 0 Å². The molecule has 1 atom stereocenters. The Labute approximate surface area is 66.3 Å². The molecule has 1 aromatic carbocycles. The van der Waals surface area contributed by atoms with Crippen molar-refractivity contribution < 1.29 is 0 Å². The van der Waals surface area contributed by atoms with E-state index in [-0.39, 0.29) is 6.04 Å². The molecular formula is C9H10N2. The fourth-order valence-electron chi connectivity index (χ4n) is 0.891. The van der Waals surface area contributed by atoms with Crippen molar-refractivity contribution in [2.45, 2.75) is 13.0 Å². The summed E-state index contributed by atoms with van der Waals surface area (Å²) < 4.78 is 0. The Bertz CT molecular complexity index is 284. The topological polar surface area (TPSA) is 49.8 Å². The molecule has 0 aliphatic rings. The van der Waals surface area contributed by atoms with Crippen molar-refractivity contribution in [1.29, 1.82) is 5.26 Å². The van der Waals surface area contributed by atoms with Crippen molar-refractivity contribution in [3.8, 4) is 6.07 Å². The highest BCUT2D eigenvalue weighted by atomic mass is 14.6. The molecule has 0 radical (unpaired) electrons. The molecule has 2 nitrogen and oxygen atoms in total. The third-order valence-corrected chi connectivity index (χ3v) is 1.54. The summed E-state index contributed by atoms with van der Waals surface area (Å²) in [4.78, 5) is 0. The third-order valence-electron chi connectivity index (χ3n) is 1.54. The van der Waals surface area contributed by atoms with Crippen molar-refractivity contribution in [2.75, 3.05) is 0 Å². The van der Waals surface area contributed by atoms with Gasteiger partial charge in [0.25, 0.3) is 0 Å². The number of hydrogen-bond acceptors (Lipinski definition) is 2. The van der Waals surface area contributed by atoms with Crippen LogP contribution in [-0.4, -0.2) is 0 Å². The minimum Gasteiger partial charge on any atom is -0.324 e. The second-order valence-electron chi connectivity index (χ2n) is 2.53. The van der Waals surface area contributed by atoms with Gasteiger partial charge >= 0.3 is 0 Å². The third kappa shape index (κ3) is 1.79. The van der Waals surface area contributed by atoms with Gasteiger partial charge in [-0.3, -0.25) is 0 Å². The van der Waals surface area contributed by atoms with Crippen LogP contribution in [0, 0.1) is 11.3 Å². The van der Waals surface area contributed by atoms with E-state index in [0.717, 1.165) is 5.56 Å². The Balaban J connectivity index is 3.03. The molecule has 0 spiro atoms. The van der Waals surface area contributed by atoms with Crippen LogP contribution in [0.4, 0.5) is 0 Å². The van der Waals surface area contributed by atoms with Gasteiger partial charge in [-0.15, -0.1) is 0 Å². The van der Waals surface area contributed by atoms with Gasteiger partial charge in [0, 0.05) is 6.04 Å². The molecule has 1 rings (SSSR count). The van der Waals surface area contributed by atoms with Gasteiger partial charge in [-0.1, -0.05) is 12.1 Å². The maximum Gasteiger partial charge on any atom is 0.0991 e. The zero-order valence-corrected chi connectivity index (χ0v) is 6.41. The Morgan fingerprint density at radius 2 is 2.27 bits per heavy atom. The first-order valence-corrected chi connectivity index (χ1v) is 3.49. The van der Waals surface area contributed by atoms with Gasteiger partial charge in [-0.25, -0.2) is 0 Å². The number of rotatable bonds is 1. The van der Waals surface area contributed by atoms with Gasteiger partial charge < -0.3 is 5.73 Å². The number of nitrogens with two attached hydrogens (primary N) is 1. The molecule has 2 heteroatoms. The zero-order chi connectivity index (χ0) is 8.27. The van der Waals surface area contributed by atoms with Crippen LogP contribution in [0.3, 0.4) is 0 Å². The molecule has 1 aromatic rings. The number of benzene rings is 1. The zero-order valence-electron chi connectivity index (χ0n) is 6.41. The summed E-state index contributed by atoms with van der Waals surface area (Å²) in [7, 11) is 0. The molecule has 0 saturated carbocycles. The molecule has 0 aliphatic carbocycles. The lowest BCUT2D eigenvalue weighted by atomic mass is 10.1. The normalized spacial score (nSPS) is 12.1. The van der Waals surface area contributed by atoms with E-state index >= 15 is 0 Å². The van der Waals surface area contributed by atoms with E-state index in [0.29, 0.717) is 5.56 Å². The molecule has 0 heterocycles. The number of nitrogens with zero attached hydrogens (tertiary/aromatic N) is 1. The second-order valence-corrected chi connectivity index (χ2v) is 2.53. The van der Waals surface area contributed by atoms with E-state index in [1.807, 2.05) is 25.1 Å². The highest BCUT2D eigenvalue weighted by Crippen LogP contribution is 2.10. The van der Waals surface area contributed by atoms with Crippen LogP contribution in [0.15, 0.2) is 24.3 Å². The van der Waals surface area contributed by atoms with Crippen LogP contribution in [-0.2, 0) is 0 Å². The van der Waals surface area contributed by atoms with Gasteiger partial charge in [-0.2, -0.15) is 5.26 Å². The molecule has 0 aromatic heterocycles. The van der Waals surface area contributed by atoms with Crippen LogP contribution in [0.1, 0.15) is 24.1 Å². The second kappa shape index (κ2) is 3.18. The summed E-state index contributed by atoms with van der Waals surface area (Å²) in [6.07, 6.45) is 0. The van der Waals surface area contributed by atoms with Gasteiger partial charge in [0.1, 0.15) is 0 Å². The lowest BCUT2D eigenvalue weighted by molar-refractivity contribution is 0.818. The monoisotopic (exact) mass is 146 g/mol. The Hall–Kier alpha value is -1.33. The maximum atomic E-state index is 8.55. The highest BCUT2D eigenvalue weighted by molar-refractivity contribution is 5.33. The average Bonchev–Trinajstić information content (AvgIpc) is 2.05. The lowest BCUT2D eigenvalue weighted by Gasteiger charge is -2.03. The largest absolute Gasteiger partial charge is 0.324 e. The minimum atomic E-state index is 0.00306. The fourth-order valence-corrected chi connectivity index (χ4v) is 0.891. The summed E-state index contributed by atoms with van der Waals surface area (Å²) >= 11 is 0. The first-order chi connectivity index (χ1) is 5.24. The van der Waals surface area contributed by atoms with E-state index in [2.05, 4.69) is 6.07 Å². The van der Waals surface area contributed by atoms with Crippen LogP contribution in [0.5, 0.6) is 0 Å². The molecule has 0 amide bonds. The van der Waals surface area contributed by atoms with Crippen LogP contribution < -0.4 is 5.73 Å². The van der Waals surface area contributed by atoms with E-state index in [1.165, 1.54) is 0 Å². The fraction of sp³-hybridized carbons (Fsp3) is 0.222. The first kappa shape index (κ1) is 7.77. The van der Waals surface area contributed by atoms with E-state index < -0.39 is 0 Å². The summed E-state index contributed by atoms with van der Waals surface area (Å²) in [6, 6.07) is 9.42. The van der Waals surface area contributed by atoms with Crippen molar-refractivity contribution in [3.05, 3.63) is 35.4 Å². The summed E-state index contributed by atoms with van der Waals surface area (Å²) in [6.45, 7) is 1.90. The quantitative estimate of drug-likeness (QED) is 0.653. The SMILES string of the molecule is C[C@H](N)c1cccc(C#N)c1. The number of nitriles is 1. The first-order valence-electron chi connectivity index (χ1n) is 3.49. The van der Waals surface area contributed by atoms with E-state index in [4.69, 9.17) is 11.0 Å². The molecule has 0 fully saturated rings. The summed E-state index contributed by atoms with van der Waals surface area (Å²) in [5.74, 6) is 0. The molecule has 0 aliphatic heterocycles. The predicted octanol–water partition coefficient (Wildman–Crippen LogP) is 1.58. The number of hydrogen-bond donors (Lipinski definition) is 1. The lowest BCUT2D eigenvalue weighted by Crippen LogP contribution is -2.04. The molecule has 0 unspecified atom stereocenters. The van der Waals surface area contributed by atoms with Gasteiger partial charge in [-0.05, 0) is 24.6 Å². The standard InChI is InChI=1S/C9H10N2/c1-7(11)9-4-2-3-8(5-9)6-10/h2-5,7H,11H2,1H3/t7-/m0/s1. The average molecular weight is 146 g/mol. The molecule has 56 valence electrons. The van der Waals surface area contributed by atoms with Gasteiger partial charge in [0.15, 0.2) is 0 Å². The highest BCUT2D eigenvalue weighted by Gasteiger charge is 1.98. The van der Waals surface area contributed by atoms with Crippen molar-refractivity contribution in [1.82, 2.24) is 0 Å². The van der Waals surface area contributed by atoms with Gasteiger partial charge in [0.2, 0.25) is 0 Å². The Kier molecular flexibility index (Phi) is 2.25. The molecular weight excluding hydrogens is 136 g/mol. The van der Waals surface area contributed by atoms with Gasteiger partial charge in [0.05, 0.1) is 11.6 Å². The van der Waals surface area contributed by atoms with Crippen LogP contribution in [0.25, 0.3) is 0 Å². The predicted molar refractivity (Wildman–Crippen MR) is 43.8 cm³/mol. The van der Waals surface area contributed by atoms with Crippen LogP contribution >= 0.6 is 0 Å².